The maximum atomic E-state index is 13.2. The molecule has 0 unspecified atom stereocenters. The van der Waals surface area contributed by atoms with Gasteiger partial charge < -0.3 is 10.6 Å². The zero-order chi connectivity index (χ0) is 20.1. The summed E-state index contributed by atoms with van der Waals surface area (Å²) in [4.78, 5) is 7.74. The number of fused-ring (bicyclic) bond motifs is 1. The first-order valence-corrected chi connectivity index (χ1v) is 10.1. The van der Waals surface area contributed by atoms with Crippen LogP contribution in [0.2, 0.25) is 0 Å². The molecule has 2 aromatic heterocycles. The number of anilines is 3. The van der Waals surface area contributed by atoms with Crippen LogP contribution in [-0.4, -0.2) is 39.9 Å². The second-order valence-corrected chi connectivity index (χ2v) is 8.30. The number of hydrogen-bond acceptors (Lipinski definition) is 7. The van der Waals surface area contributed by atoms with E-state index >= 15 is 0 Å². The van der Waals surface area contributed by atoms with E-state index in [1.807, 2.05) is 0 Å². The summed E-state index contributed by atoms with van der Waals surface area (Å²) in [5.41, 5.74) is -0.187. The first-order chi connectivity index (χ1) is 13.1. The summed E-state index contributed by atoms with van der Waals surface area (Å²) in [6.07, 6.45) is 0.0924. The second-order valence-electron chi connectivity index (χ2n) is 6.49. The highest BCUT2D eigenvalue weighted by atomic mass is 32.2. The van der Waals surface area contributed by atoms with E-state index in [0.29, 0.717) is 16.6 Å². The Balaban J connectivity index is 1.72. The number of rotatable bonds is 5. The van der Waals surface area contributed by atoms with Gasteiger partial charge in [-0.15, -0.1) is 0 Å². The fraction of sp³-hybridized carbons (Fsp3) is 0.312. The zero-order valence-electron chi connectivity index (χ0n) is 14.5. The molecule has 0 atom stereocenters. The van der Waals surface area contributed by atoms with Gasteiger partial charge in [0.15, 0.2) is 0 Å². The van der Waals surface area contributed by atoms with E-state index in [-0.39, 0.29) is 17.8 Å². The standard InChI is InChI=1S/C16H15F3N6O2S/c1-28(26,27)25-13-4-2-3-12(10(13)7-21-25)23-15-20-8-11(16(17,18)19)14(24-15)22-9-5-6-9/h2-4,7-9H,5-6H2,1H3,(H2,20,22,23,24). The molecule has 148 valence electrons. The van der Waals surface area contributed by atoms with Gasteiger partial charge >= 0.3 is 6.18 Å². The van der Waals surface area contributed by atoms with Crippen LogP contribution < -0.4 is 10.6 Å². The van der Waals surface area contributed by atoms with Gasteiger partial charge in [-0.1, -0.05) is 6.07 Å². The van der Waals surface area contributed by atoms with Crippen molar-refractivity contribution in [2.75, 3.05) is 16.9 Å². The fourth-order valence-electron chi connectivity index (χ4n) is 2.70. The number of hydrogen-bond donors (Lipinski definition) is 2. The van der Waals surface area contributed by atoms with Gasteiger partial charge in [0, 0.05) is 17.6 Å². The Labute approximate surface area is 157 Å². The molecule has 0 amide bonds. The molecular formula is C16H15F3N6O2S. The van der Waals surface area contributed by atoms with Crippen LogP contribution in [-0.2, 0) is 16.2 Å². The summed E-state index contributed by atoms with van der Waals surface area (Å²) in [7, 11) is -3.60. The maximum absolute atomic E-state index is 13.2. The van der Waals surface area contributed by atoms with Crippen LogP contribution in [0.3, 0.4) is 0 Å². The summed E-state index contributed by atoms with van der Waals surface area (Å²) >= 11 is 0. The van der Waals surface area contributed by atoms with Crippen molar-refractivity contribution in [3.05, 3.63) is 36.2 Å². The molecule has 2 N–H and O–H groups in total. The van der Waals surface area contributed by atoms with Crippen LogP contribution >= 0.6 is 0 Å². The largest absolute Gasteiger partial charge is 0.421 e. The van der Waals surface area contributed by atoms with Gasteiger partial charge in [0.2, 0.25) is 5.95 Å². The lowest BCUT2D eigenvalue weighted by Gasteiger charge is -2.14. The number of halogens is 3. The smallest absolute Gasteiger partial charge is 0.367 e. The van der Waals surface area contributed by atoms with Crippen molar-refractivity contribution in [3.8, 4) is 0 Å². The normalized spacial score (nSPS) is 15.0. The Kier molecular flexibility index (Phi) is 4.17. The lowest BCUT2D eigenvalue weighted by atomic mass is 10.2. The van der Waals surface area contributed by atoms with Crippen molar-refractivity contribution in [2.24, 2.45) is 0 Å². The summed E-state index contributed by atoms with van der Waals surface area (Å²) < 4.78 is 64.1. The summed E-state index contributed by atoms with van der Waals surface area (Å²) in [6, 6.07) is 4.77. The highest BCUT2D eigenvalue weighted by Crippen LogP contribution is 2.36. The minimum absolute atomic E-state index is 0.0275. The van der Waals surface area contributed by atoms with Gasteiger partial charge in [-0.05, 0) is 25.0 Å². The Morgan fingerprint density at radius 1 is 1.21 bits per heavy atom. The number of aromatic nitrogens is 4. The maximum Gasteiger partial charge on any atom is 0.421 e. The summed E-state index contributed by atoms with van der Waals surface area (Å²) in [5, 5.41) is 9.95. The monoisotopic (exact) mass is 412 g/mol. The third kappa shape index (κ3) is 3.59. The van der Waals surface area contributed by atoms with E-state index < -0.39 is 21.8 Å². The van der Waals surface area contributed by atoms with Crippen molar-refractivity contribution in [1.82, 2.24) is 19.2 Å². The molecule has 1 saturated carbocycles. The Morgan fingerprint density at radius 2 is 1.96 bits per heavy atom. The third-order valence-electron chi connectivity index (χ3n) is 4.15. The van der Waals surface area contributed by atoms with Crippen LogP contribution in [0.15, 0.2) is 30.6 Å². The Hall–Kier alpha value is -2.89. The average molecular weight is 412 g/mol. The van der Waals surface area contributed by atoms with Gasteiger partial charge in [-0.2, -0.15) is 27.3 Å². The van der Waals surface area contributed by atoms with E-state index in [0.717, 1.165) is 29.4 Å². The molecule has 0 bridgehead atoms. The van der Waals surface area contributed by atoms with Gasteiger partial charge in [-0.25, -0.2) is 13.4 Å². The Bertz CT molecular complexity index is 1150. The zero-order valence-corrected chi connectivity index (χ0v) is 15.3. The predicted molar refractivity (Wildman–Crippen MR) is 96.9 cm³/mol. The average Bonchev–Trinajstić information content (AvgIpc) is 3.27. The molecule has 0 radical (unpaired) electrons. The van der Waals surface area contributed by atoms with E-state index in [1.165, 1.54) is 6.20 Å². The third-order valence-corrected chi connectivity index (χ3v) is 5.07. The SMILES string of the molecule is CS(=O)(=O)n1ncc2c(Nc3ncc(C(F)(F)F)c(NC4CC4)n3)cccc21. The van der Waals surface area contributed by atoms with Crippen LogP contribution in [0, 0.1) is 0 Å². The van der Waals surface area contributed by atoms with Crippen LogP contribution in [0.25, 0.3) is 10.9 Å². The lowest BCUT2D eigenvalue weighted by molar-refractivity contribution is -0.137. The summed E-state index contributed by atoms with van der Waals surface area (Å²) in [5.74, 6) is -0.331. The quantitative estimate of drug-likeness (QED) is 0.664. The van der Waals surface area contributed by atoms with Gasteiger partial charge in [0.05, 0.1) is 23.7 Å². The van der Waals surface area contributed by atoms with Crippen LogP contribution in [0.5, 0.6) is 0 Å². The number of benzene rings is 1. The minimum Gasteiger partial charge on any atom is -0.367 e. The molecule has 8 nitrogen and oxygen atoms in total. The van der Waals surface area contributed by atoms with E-state index in [1.54, 1.807) is 18.2 Å². The fourth-order valence-corrected chi connectivity index (χ4v) is 3.44. The highest BCUT2D eigenvalue weighted by Gasteiger charge is 2.37. The predicted octanol–water partition coefficient (Wildman–Crippen LogP) is 2.97. The molecule has 4 rings (SSSR count). The molecule has 1 aliphatic rings. The first-order valence-electron chi connectivity index (χ1n) is 8.28. The van der Waals surface area contributed by atoms with Crippen LogP contribution in [0.4, 0.5) is 30.6 Å². The molecular weight excluding hydrogens is 397 g/mol. The minimum atomic E-state index is -4.58. The number of nitrogens with zero attached hydrogens (tertiary/aromatic N) is 4. The molecule has 1 fully saturated rings. The van der Waals surface area contributed by atoms with Crippen molar-refractivity contribution in [2.45, 2.75) is 25.1 Å². The molecule has 0 saturated heterocycles. The van der Waals surface area contributed by atoms with Gasteiger partial charge in [0.25, 0.3) is 10.0 Å². The number of nitrogens with one attached hydrogen (secondary N) is 2. The van der Waals surface area contributed by atoms with E-state index in [4.69, 9.17) is 0 Å². The first kappa shape index (κ1) is 18.5. The van der Waals surface area contributed by atoms with Crippen molar-refractivity contribution in [1.29, 1.82) is 0 Å². The molecule has 0 spiro atoms. The van der Waals surface area contributed by atoms with Crippen molar-refractivity contribution < 1.29 is 21.6 Å². The molecule has 0 aliphatic heterocycles. The van der Waals surface area contributed by atoms with Gasteiger partial charge in [-0.3, -0.25) is 0 Å². The molecule has 28 heavy (non-hydrogen) atoms. The lowest BCUT2D eigenvalue weighted by Crippen LogP contribution is -2.15. The molecule has 2 heterocycles. The van der Waals surface area contributed by atoms with Gasteiger partial charge in [0.1, 0.15) is 11.4 Å². The number of alkyl halides is 3. The van der Waals surface area contributed by atoms with E-state index in [9.17, 15) is 21.6 Å². The molecule has 3 aromatic rings. The highest BCUT2D eigenvalue weighted by molar-refractivity contribution is 7.89. The van der Waals surface area contributed by atoms with E-state index in [2.05, 4.69) is 25.7 Å². The Morgan fingerprint density at radius 3 is 2.61 bits per heavy atom. The summed E-state index contributed by atoms with van der Waals surface area (Å²) in [6.45, 7) is 0. The van der Waals surface area contributed by atoms with Crippen molar-refractivity contribution in [3.63, 3.8) is 0 Å². The molecule has 12 heteroatoms. The molecule has 1 aliphatic carbocycles. The van der Waals surface area contributed by atoms with Crippen LogP contribution in [0.1, 0.15) is 18.4 Å². The van der Waals surface area contributed by atoms with Crippen molar-refractivity contribution >= 4 is 38.4 Å². The topological polar surface area (TPSA) is 102 Å². The molecule has 1 aromatic carbocycles. The second kappa shape index (κ2) is 6.33.